The van der Waals surface area contributed by atoms with Crippen molar-refractivity contribution in [2.45, 2.75) is 6.54 Å². The van der Waals surface area contributed by atoms with Crippen LogP contribution in [0.15, 0.2) is 53.0 Å². The van der Waals surface area contributed by atoms with E-state index in [0.717, 1.165) is 20.9 Å². The Labute approximate surface area is 130 Å². The highest BCUT2D eigenvalue weighted by molar-refractivity contribution is 9.10. The molecule has 3 rings (SSSR count). The number of benzene rings is 2. The van der Waals surface area contributed by atoms with E-state index in [9.17, 15) is 4.79 Å². The summed E-state index contributed by atoms with van der Waals surface area (Å²) in [5.74, 6) is -0.0943. The molecule has 0 spiro atoms. The molecule has 106 valence electrons. The maximum absolute atomic E-state index is 12.6. The van der Waals surface area contributed by atoms with E-state index in [1.807, 2.05) is 48.5 Å². The van der Waals surface area contributed by atoms with Gasteiger partial charge in [0.2, 0.25) is 0 Å². The second-order valence-corrected chi connectivity index (χ2v) is 5.72. The molecule has 0 radical (unpaired) electrons. The molecule has 0 saturated carbocycles. The number of halogens is 1. The standard InChI is InChI=1S/C16H14BrN3O/c1-20(10-11-6-2-4-8-13(11)17)16(21)15-12-7-3-5-9-14(12)18-19-15/h2-9H,10H2,1H3,(H,18,19). The quantitative estimate of drug-likeness (QED) is 0.789. The molecule has 0 aliphatic carbocycles. The summed E-state index contributed by atoms with van der Waals surface area (Å²) < 4.78 is 0.997. The Kier molecular flexibility index (Phi) is 3.75. The number of H-pyrrole nitrogens is 1. The lowest BCUT2D eigenvalue weighted by molar-refractivity contribution is 0.0781. The minimum absolute atomic E-state index is 0.0943. The van der Waals surface area contributed by atoms with Crippen LogP contribution in [-0.4, -0.2) is 28.1 Å². The molecule has 0 unspecified atom stereocenters. The smallest absolute Gasteiger partial charge is 0.275 e. The molecule has 2 aromatic carbocycles. The number of nitrogens with one attached hydrogen (secondary N) is 1. The van der Waals surface area contributed by atoms with Crippen molar-refractivity contribution in [3.8, 4) is 0 Å². The summed E-state index contributed by atoms with van der Waals surface area (Å²) in [5.41, 5.74) is 2.39. The average molecular weight is 344 g/mol. The molecule has 5 heteroatoms. The Morgan fingerprint density at radius 3 is 2.71 bits per heavy atom. The third-order valence-corrected chi connectivity index (χ3v) is 4.16. The van der Waals surface area contributed by atoms with Crippen LogP contribution in [0.2, 0.25) is 0 Å². The number of fused-ring (bicyclic) bond motifs is 1. The summed E-state index contributed by atoms with van der Waals surface area (Å²) in [6.07, 6.45) is 0. The lowest BCUT2D eigenvalue weighted by Crippen LogP contribution is -2.26. The molecular formula is C16H14BrN3O. The van der Waals surface area contributed by atoms with Crippen LogP contribution < -0.4 is 0 Å². The lowest BCUT2D eigenvalue weighted by atomic mass is 10.2. The van der Waals surface area contributed by atoms with Gasteiger partial charge in [0.25, 0.3) is 5.91 Å². The largest absolute Gasteiger partial charge is 0.336 e. The van der Waals surface area contributed by atoms with Gasteiger partial charge in [0, 0.05) is 23.5 Å². The third kappa shape index (κ3) is 2.69. The first kappa shape index (κ1) is 13.8. The lowest BCUT2D eigenvalue weighted by Gasteiger charge is -2.17. The normalized spacial score (nSPS) is 10.8. The molecule has 1 heterocycles. The van der Waals surface area contributed by atoms with Gasteiger partial charge in [0.1, 0.15) is 0 Å². The zero-order valence-corrected chi connectivity index (χ0v) is 13.1. The van der Waals surface area contributed by atoms with Crippen LogP contribution in [0.1, 0.15) is 16.1 Å². The number of carbonyl (C=O) groups excluding carboxylic acids is 1. The van der Waals surface area contributed by atoms with E-state index in [1.54, 1.807) is 11.9 Å². The summed E-state index contributed by atoms with van der Waals surface area (Å²) in [6, 6.07) is 15.5. The van der Waals surface area contributed by atoms with Gasteiger partial charge in [-0.2, -0.15) is 5.10 Å². The molecule has 0 aliphatic heterocycles. The molecule has 0 aliphatic rings. The van der Waals surface area contributed by atoms with Gasteiger partial charge < -0.3 is 4.90 Å². The molecule has 0 bridgehead atoms. The van der Waals surface area contributed by atoms with Crippen molar-refractivity contribution in [1.82, 2.24) is 15.1 Å². The number of rotatable bonds is 3. The third-order valence-electron chi connectivity index (χ3n) is 3.38. The molecule has 0 saturated heterocycles. The van der Waals surface area contributed by atoms with Crippen LogP contribution in [0.25, 0.3) is 10.9 Å². The second-order valence-electron chi connectivity index (χ2n) is 4.87. The summed E-state index contributed by atoms with van der Waals surface area (Å²) in [5, 5.41) is 7.89. The monoisotopic (exact) mass is 343 g/mol. The Morgan fingerprint density at radius 2 is 1.90 bits per heavy atom. The predicted molar refractivity (Wildman–Crippen MR) is 86.0 cm³/mol. The minimum Gasteiger partial charge on any atom is -0.336 e. The van der Waals surface area contributed by atoms with Gasteiger partial charge in [-0.05, 0) is 17.7 Å². The van der Waals surface area contributed by atoms with E-state index < -0.39 is 0 Å². The van der Waals surface area contributed by atoms with Crippen molar-refractivity contribution in [2.24, 2.45) is 0 Å². The van der Waals surface area contributed by atoms with Crippen molar-refractivity contribution >= 4 is 32.7 Å². The van der Waals surface area contributed by atoms with Crippen LogP contribution in [-0.2, 0) is 6.54 Å². The molecule has 0 atom stereocenters. The van der Waals surface area contributed by atoms with Gasteiger partial charge in [-0.1, -0.05) is 52.3 Å². The molecule has 21 heavy (non-hydrogen) atoms. The average Bonchev–Trinajstić information content (AvgIpc) is 2.92. The number of hydrogen-bond donors (Lipinski definition) is 1. The summed E-state index contributed by atoms with van der Waals surface area (Å²) >= 11 is 3.50. The molecule has 1 aromatic heterocycles. The molecule has 1 amide bonds. The molecule has 4 nitrogen and oxygen atoms in total. The Bertz CT molecular complexity index is 797. The second kappa shape index (κ2) is 5.69. The SMILES string of the molecule is CN(Cc1ccccc1Br)C(=O)c1n[nH]c2ccccc12. The van der Waals surface area contributed by atoms with Gasteiger partial charge in [-0.15, -0.1) is 0 Å². The first-order chi connectivity index (χ1) is 10.2. The summed E-state index contributed by atoms with van der Waals surface area (Å²) in [4.78, 5) is 14.2. The number of para-hydroxylation sites is 1. The fourth-order valence-corrected chi connectivity index (χ4v) is 2.67. The van der Waals surface area contributed by atoms with Crippen LogP contribution in [0.3, 0.4) is 0 Å². The minimum atomic E-state index is -0.0943. The molecule has 1 N–H and O–H groups in total. The van der Waals surface area contributed by atoms with Crippen molar-refractivity contribution < 1.29 is 4.79 Å². The Morgan fingerprint density at radius 1 is 1.19 bits per heavy atom. The first-order valence-electron chi connectivity index (χ1n) is 6.59. The topological polar surface area (TPSA) is 49.0 Å². The van der Waals surface area contributed by atoms with Crippen molar-refractivity contribution in [3.05, 3.63) is 64.3 Å². The van der Waals surface area contributed by atoms with E-state index in [4.69, 9.17) is 0 Å². The van der Waals surface area contributed by atoms with Gasteiger partial charge >= 0.3 is 0 Å². The first-order valence-corrected chi connectivity index (χ1v) is 7.38. The van der Waals surface area contributed by atoms with Gasteiger partial charge in [0.15, 0.2) is 5.69 Å². The van der Waals surface area contributed by atoms with E-state index in [1.165, 1.54) is 0 Å². The van der Waals surface area contributed by atoms with E-state index in [2.05, 4.69) is 26.1 Å². The van der Waals surface area contributed by atoms with E-state index in [0.29, 0.717) is 12.2 Å². The maximum atomic E-state index is 12.6. The van der Waals surface area contributed by atoms with E-state index in [-0.39, 0.29) is 5.91 Å². The van der Waals surface area contributed by atoms with Gasteiger partial charge in [0.05, 0.1) is 5.52 Å². The zero-order valence-electron chi connectivity index (χ0n) is 11.5. The van der Waals surface area contributed by atoms with Crippen molar-refractivity contribution in [1.29, 1.82) is 0 Å². The number of aromatic nitrogens is 2. The fraction of sp³-hybridized carbons (Fsp3) is 0.125. The maximum Gasteiger partial charge on any atom is 0.275 e. The highest BCUT2D eigenvalue weighted by atomic mass is 79.9. The molecule has 0 fully saturated rings. The van der Waals surface area contributed by atoms with Gasteiger partial charge in [-0.3, -0.25) is 9.89 Å². The number of hydrogen-bond acceptors (Lipinski definition) is 2. The van der Waals surface area contributed by atoms with Crippen LogP contribution in [0.5, 0.6) is 0 Å². The highest BCUT2D eigenvalue weighted by Gasteiger charge is 2.18. The Hall–Kier alpha value is -2.14. The number of aromatic amines is 1. The van der Waals surface area contributed by atoms with Crippen LogP contribution >= 0.6 is 15.9 Å². The van der Waals surface area contributed by atoms with Crippen LogP contribution in [0, 0.1) is 0 Å². The zero-order chi connectivity index (χ0) is 14.8. The number of nitrogens with zero attached hydrogens (tertiary/aromatic N) is 2. The molecule has 3 aromatic rings. The highest BCUT2D eigenvalue weighted by Crippen LogP contribution is 2.20. The number of carbonyl (C=O) groups is 1. The molecular weight excluding hydrogens is 330 g/mol. The van der Waals surface area contributed by atoms with Crippen molar-refractivity contribution in [3.63, 3.8) is 0 Å². The summed E-state index contributed by atoms with van der Waals surface area (Å²) in [6.45, 7) is 0.529. The fourth-order valence-electron chi connectivity index (χ4n) is 2.26. The van der Waals surface area contributed by atoms with Crippen LogP contribution in [0.4, 0.5) is 0 Å². The Balaban J connectivity index is 1.86. The predicted octanol–water partition coefficient (Wildman–Crippen LogP) is 3.60. The van der Waals surface area contributed by atoms with Crippen molar-refractivity contribution in [2.75, 3.05) is 7.05 Å². The van der Waals surface area contributed by atoms with Gasteiger partial charge in [-0.25, -0.2) is 0 Å². The van der Waals surface area contributed by atoms with E-state index >= 15 is 0 Å². The number of amides is 1. The summed E-state index contributed by atoms with van der Waals surface area (Å²) in [7, 11) is 1.78.